The molecule has 5 nitrogen and oxygen atoms in total. The maximum atomic E-state index is 9.15. The summed E-state index contributed by atoms with van der Waals surface area (Å²) in [4.78, 5) is 0. The van der Waals surface area contributed by atoms with Crippen LogP contribution in [0.15, 0.2) is 0 Å². The third kappa shape index (κ3) is 1.69. The van der Waals surface area contributed by atoms with Gasteiger partial charge < -0.3 is 24.8 Å². The molecule has 1 rings (SSSR count). The highest BCUT2D eigenvalue weighted by molar-refractivity contribution is 4.81. The van der Waals surface area contributed by atoms with Gasteiger partial charge in [-0.2, -0.15) is 0 Å². The summed E-state index contributed by atoms with van der Waals surface area (Å²) in [6.45, 7) is -0.0171. The van der Waals surface area contributed by atoms with E-state index in [1.165, 1.54) is 7.11 Å². The van der Waals surface area contributed by atoms with Crippen LogP contribution in [0.5, 0.6) is 0 Å². The van der Waals surface area contributed by atoms with Crippen LogP contribution in [-0.4, -0.2) is 53.6 Å². The molecule has 0 bridgehead atoms. The van der Waals surface area contributed by atoms with Gasteiger partial charge in [-0.1, -0.05) is 0 Å². The summed E-state index contributed by atoms with van der Waals surface area (Å²) >= 11 is 0. The number of ether oxygens (including phenoxy) is 2. The Morgan fingerprint density at radius 3 is 2.45 bits per heavy atom. The molecule has 0 aliphatic carbocycles. The molecule has 1 aliphatic rings. The lowest BCUT2D eigenvalue weighted by molar-refractivity contribution is -0.261. The SMILES string of the molecule is CO[C@H]1OC[C@@H](O)C(O)[C@@H]1O. The number of methoxy groups -OCH3 is 1. The van der Waals surface area contributed by atoms with Gasteiger partial charge in [-0.15, -0.1) is 0 Å². The average Bonchev–Trinajstić information content (AvgIpc) is 2.01. The fraction of sp³-hybridized carbons (Fsp3) is 1.00. The Balaban J connectivity index is 2.52. The lowest BCUT2D eigenvalue weighted by Crippen LogP contribution is -2.53. The Bertz CT molecular complexity index is 126. The van der Waals surface area contributed by atoms with Gasteiger partial charge in [0.05, 0.1) is 6.61 Å². The van der Waals surface area contributed by atoms with Gasteiger partial charge in [-0.3, -0.25) is 0 Å². The predicted molar refractivity (Wildman–Crippen MR) is 34.8 cm³/mol. The Hall–Kier alpha value is -0.200. The molecule has 1 aliphatic heterocycles. The van der Waals surface area contributed by atoms with Crippen LogP contribution in [0.4, 0.5) is 0 Å². The summed E-state index contributed by atoms with van der Waals surface area (Å²) in [6, 6.07) is 0. The molecular formula is C6H12O5. The van der Waals surface area contributed by atoms with Crippen LogP contribution in [0, 0.1) is 0 Å². The van der Waals surface area contributed by atoms with Crippen molar-refractivity contribution in [3.63, 3.8) is 0 Å². The van der Waals surface area contributed by atoms with E-state index < -0.39 is 24.6 Å². The van der Waals surface area contributed by atoms with Crippen LogP contribution in [-0.2, 0) is 9.47 Å². The molecule has 0 spiro atoms. The Morgan fingerprint density at radius 2 is 1.91 bits per heavy atom. The number of hydrogen-bond acceptors (Lipinski definition) is 5. The Morgan fingerprint density at radius 1 is 1.27 bits per heavy atom. The van der Waals surface area contributed by atoms with Gasteiger partial charge in [0.25, 0.3) is 0 Å². The Labute approximate surface area is 64.2 Å². The normalized spacial score (nSPS) is 45.8. The summed E-state index contributed by atoms with van der Waals surface area (Å²) in [6.07, 6.45) is -4.23. The van der Waals surface area contributed by atoms with E-state index >= 15 is 0 Å². The molecule has 66 valence electrons. The van der Waals surface area contributed by atoms with Crippen molar-refractivity contribution < 1.29 is 24.8 Å². The van der Waals surface area contributed by atoms with Crippen LogP contribution >= 0.6 is 0 Å². The van der Waals surface area contributed by atoms with Gasteiger partial charge in [-0.05, 0) is 0 Å². The zero-order valence-corrected chi connectivity index (χ0v) is 6.17. The number of hydrogen-bond donors (Lipinski definition) is 3. The molecule has 0 aromatic carbocycles. The van der Waals surface area contributed by atoms with Crippen molar-refractivity contribution in [3.05, 3.63) is 0 Å². The van der Waals surface area contributed by atoms with Crippen molar-refractivity contribution in [2.75, 3.05) is 13.7 Å². The minimum absolute atomic E-state index is 0.0171. The topological polar surface area (TPSA) is 79.2 Å². The molecule has 0 aromatic heterocycles. The first-order chi connectivity index (χ1) is 5.16. The van der Waals surface area contributed by atoms with Crippen molar-refractivity contribution in [1.29, 1.82) is 0 Å². The minimum Gasteiger partial charge on any atom is -0.388 e. The highest BCUT2D eigenvalue weighted by Crippen LogP contribution is 2.15. The zero-order chi connectivity index (χ0) is 8.43. The summed E-state index contributed by atoms with van der Waals surface area (Å²) < 4.78 is 9.52. The second-order valence-electron chi connectivity index (χ2n) is 2.49. The standard InChI is InChI=1S/C6H12O5/c1-10-6-5(9)4(8)3(7)2-11-6/h3-9H,2H2,1H3/t3-,4?,5+,6+/m1/s1. The minimum atomic E-state index is -1.19. The van der Waals surface area contributed by atoms with Crippen molar-refractivity contribution >= 4 is 0 Å². The lowest BCUT2D eigenvalue weighted by Gasteiger charge is -2.33. The third-order valence-corrected chi connectivity index (χ3v) is 1.69. The van der Waals surface area contributed by atoms with Crippen LogP contribution in [0.1, 0.15) is 0 Å². The summed E-state index contributed by atoms with van der Waals surface area (Å²) in [5.74, 6) is 0. The maximum absolute atomic E-state index is 9.15. The van der Waals surface area contributed by atoms with Gasteiger partial charge in [-0.25, -0.2) is 0 Å². The summed E-state index contributed by atoms with van der Waals surface area (Å²) in [7, 11) is 1.36. The second kappa shape index (κ2) is 3.46. The van der Waals surface area contributed by atoms with E-state index in [0.29, 0.717) is 0 Å². The van der Waals surface area contributed by atoms with Gasteiger partial charge in [0.1, 0.15) is 18.3 Å². The molecule has 0 saturated carbocycles. The summed E-state index contributed by atoms with van der Waals surface area (Å²) in [5.41, 5.74) is 0. The fourth-order valence-corrected chi connectivity index (χ4v) is 0.987. The van der Waals surface area contributed by atoms with Crippen LogP contribution in [0.25, 0.3) is 0 Å². The van der Waals surface area contributed by atoms with Crippen molar-refractivity contribution in [2.24, 2.45) is 0 Å². The maximum Gasteiger partial charge on any atom is 0.185 e. The van der Waals surface area contributed by atoms with E-state index in [1.807, 2.05) is 0 Å². The van der Waals surface area contributed by atoms with Gasteiger partial charge in [0.2, 0.25) is 0 Å². The highest BCUT2D eigenvalue weighted by atomic mass is 16.7. The predicted octanol–water partition coefficient (Wildman–Crippen LogP) is -1.93. The first kappa shape index (κ1) is 8.89. The quantitative estimate of drug-likeness (QED) is 0.420. The lowest BCUT2D eigenvalue weighted by atomic mass is 10.1. The first-order valence-corrected chi connectivity index (χ1v) is 3.35. The molecule has 0 aromatic rings. The molecule has 1 heterocycles. The molecule has 1 fully saturated rings. The van der Waals surface area contributed by atoms with E-state index in [1.54, 1.807) is 0 Å². The summed E-state index contributed by atoms with van der Waals surface area (Å²) in [5, 5.41) is 27.2. The van der Waals surface area contributed by atoms with E-state index in [2.05, 4.69) is 4.74 Å². The van der Waals surface area contributed by atoms with Crippen LogP contribution < -0.4 is 0 Å². The molecule has 5 heteroatoms. The average molecular weight is 164 g/mol. The van der Waals surface area contributed by atoms with Gasteiger partial charge >= 0.3 is 0 Å². The van der Waals surface area contributed by atoms with Crippen molar-refractivity contribution in [1.82, 2.24) is 0 Å². The molecule has 1 saturated heterocycles. The molecule has 0 amide bonds. The van der Waals surface area contributed by atoms with E-state index in [9.17, 15) is 0 Å². The number of aliphatic hydroxyl groups is 3. The van der Waals surface area contributed by atoms with E-state index in [4.69, 9.17) is 20.1 Å². The first-order valence-electron chi connectivity index (χ1n) is 3.35. The van der Waals surface area contributed by atoms with Crippen LogP contribution in [0.2, 0.25) is 0 Å². The van der Waals surface area contributed by atoms with E-state index in [0.717, 1.165) is 0 Å². The van der Waals surface area contributed by atoms with Gasteiger partial charge in [0.15, 0.2) is 6.29 Å². The molecule has 1 unspecified atom stereocenters. The number of aliphatic hydroxyl groups excluding tert-OH is 3. The molecule has 3 N–H and O–H groups in total. The second-order valence-corrected chi connectivity index (χ2v) is 2.49. The monoisotopic (exact) mass is 164 g/mol. The van der Waals surface area contributed by atoms with Crippen LogP contribution in [0.3, 0.4) is 0 Å². The molecule has 0 radical (unpaired) electrons. The van der Waals surface area contributed by atoms with Crippen molar-refractivity contribution in [2.45, 2.75) is 24.6 Å². The molecule has 11 heavy (non-hydrogen) atoms. The number of rotatable bonds is 1. The fourth-order valence-electron chi connectivity index (χ4n) is 0.987. The molecule has 4 atom stereocenters. The highest BCUT2D eigenvalue weighted by Gasteiger charge is 2.37. The smallest absolute Gasteiger partial charge is 0.185 e. The van der Waals surface area contributed by atoms with E-state index in [-0.39, 0.29) is 6.61 Å². The third-order valence-electron chi connectivity index (χ3n) is 1.69. The largest absolute Gasteiger partial charge is 0.388 e. The molecular weight excluding hydrogens is 152 g/mol. The van der Waals surface area contributed by atoms with Gasteiger partial charge in [0, 0.05) is 7.11 Å². The Kier molecular flexibility index (Phi) is 2.80. The zero-order valence-electron chi connectivity index (χ0n) is 6.17. The van der Waals surface area contributed by atoms with Crippen molar-refractivity contribution in [3.8, 4) is 0 Å².